The third-order valence-electron chi connectivity index (χ3n) is 4.05. The number of carbonyl (C=O) groups is 1. The van der Waals surface area contributed by atoms with E-state index in [1.807, 2.05) is 25.2 Å². The number of carbonyl (C=O) groups excluding carboxylic acids is 1. The van der Waals surface area contributed by atoms with Gasteiger partial charge in [0.1, 0.15) is 5.75 Å². The van der Waals surface area contributed by atoms with Gasteiger partial charge in [0.25, 0.3) is 0 Å². The predicted molar refractivity (Wildman–Crippen MR) is 83.2 cm³/mol. The molecule has 0 saturated carbocycles. The summed E-state index contributed by atoms with van der Waals surface area (Å²) in [6.07, 6.45) is 0. The number of ether oxygens (including phenoxy) is 2. The van der Waals surface area contributed by atoms with Gasteiger partial charge in [0, 0.05) is 37.3 Å². The van der Waals surface area contributed by atoms with E-state index in [1.54, 1.807) is 7.11 Å². The van der Waals surface area contributed by atoms with Crippen LogP contribution >= 0.6 is 12.4 Å². The average molecular weight is 311 g/mol. The summed E-state index contributed by atoms with van der Waals surface area (Å²) in [6, 6.07) is 5.95. The monoisotopic (exact) mass is 310 g/mol. The number of benzene rings is 1. The molecule has 3 rings (SSSR count). The van der Waals surface area contributed by atoms with E-state index in [0.29, 0.717) is 6.54 Å². The van der Waals surface area contributed by atoms with Crippen LogP contribution in [0.25, 0.3) is 10.9 Å². The van der Waals surface area contributed by atoms with E-state index in [0.717, 1.165) is 34.5 Å². The Labute approximate surface area is 129 Å². The molecule has 114 valence electrons. The Kier molecular flexibility index (Phi) is 4.44. The molecule has 1 aliphatic heterocycles. The van der Waals surface area contributed by atoms with E-state index in [4.69, 9.17) is 9.47 Å². The van der Waals surface area contributed by atoms with E-state index < -0.39 is 0 Å². The van der Waals surface area contributed by atoms with Crippen molar-refractivity contribution in [2.45, 2.75) is 12.5 Å². The second-order valence-electron chi connectivity index (χ2n) is 5.01. The normalized spacial score (nSPS) is 17.0. The van der Waals surface area contributed by atoms with Crippen LogP contribution in [0.5, 0.6) is 5.75 Å². The molecule has 1 unspecified atom stereocenters. The molecule has 1 N–H and O–H groups in total. The van der Waals surface area contributed by atoms with Crippen LogP contribution in [-0.4, -0.2) is 31.3 Å². The van der Waals surface area contributed by atoms with E-state index in [1.165, 1.54) is 7.11 Å². The second-order valence-corrected chi connectivity index (χ2v) is 5.01. The Morgan fingerprint density at radius 2 is 2.14 bits per heavy atom. The minimum atomic E-state index is -0.249. The summed E-state index contributed by atoms with van der Waals surface area (Å²) < 4.78 is 12.3. The van der Waals surface area contributed by atoms with Gasteiger partial charge in [-0.25, -0.2) is 0 Å². The third kappa shape index (κ3) is 2.36. The van der Waals surface area contributed by atoms with Crippen LogP contribution in [0.3, 0.4) is 0 Å². The van der Waals surface area contributed by atoms with Crippen molar-refractivity contribution in [3.8, 4) is 5.75 Å². The van der Waals surface area contributed by atoms with Crippen molar-refractivity contribution in [1.29, 1.82) is 0 Å². The van der Waals surface area contributed by atoms with Crippen molar-refractivity contribution in [2.24, 2.45) is 7.05 Å². The van der Waals surface area contributed by atoms with Gasteiger partial charge >= 0.3 is 5.97 Å². The van der Waals surface area contributed by atoms with E-state index in [2.05, 4.69) is 9.88 Å². The highest BCUT2D eigenvalue weighted by Gasteiger charge is 2.31. The van der Waals surface area contributed by atoms with Crippen LogP contribution in [0.4, 0.5) is 0 Å². The molecule has 1 atom stereocenters. The van der Waals surface area contributed by atoms with Gasteiger partial charge in [-0.3, -0.25) is 4.79 Å². The Balaban J connectivity index is 0.00000161. The number of halogens is 1. The number of rotatable bonds is 2. The van der Waals surface area contributed by atoms with Crippen LogP contribution in [0, 0.1) is 0 Å². The molecule has 0 aliphatic carbocycles. The second kappa shape index (κ2) is 5.95. The van der Waals surface area contributed by atoms with Crippen molar-refractivity contribution in [2.75, 3.05) is 20.8 Å². The number of nitrogens with one attached hydrogen (secondary N) is 1. The number of hydrogen-bond acceptors (Lipinski definition) is 4. The van der Waals surface area contributed by atoms with Crippen molar-refractivity contribution >= 4 is 29.3 Å². The molecule has 2 heterocycles. The molecule has 0 radical (unpaired) electrons. The van der Waals surface area contributed by atoms with Crippen LogP contribution in [0.1, 0.15) is 17.2 Å². The maximum Gasteiger partial charge on any atom is 0.314 e. The zero-order valence-corrected chi connectivity index (χ0v) is 13.1. The summed E-state index contributed by atoms with van der Waals surface area (Å²) in [6.45, 7) is 1.38. The van der Waals surface area contributed by atoms with Crippen LogP contribution < -0.4 is 10.1 Å². The SMILES string of the molecule is COC(=O)C1CNCc2c1c1ccc(OC)cc1n2C.Cl. The summed E-state index contributed by atoms with van der Waals surface area (Å²) in [7, 11) is 5.11. The Bertz CT molecular complexity index is 681. The fourth-order valence-electron chi connectivity index (χ4n) is 3.01. The number of methoxy groups -OCH3 is 2. The highest BCUT2D eigenvalue weighted by Crippen LogP contribution is 2.36. The number of fused-ring (bicyclic) bond motifs is 3. The molecule has 1 aliphatic rings. The van der Waals surface area contributed by atoms with Crippen molar-refractivity contribution in [1.82, 2.24) is 9.88 Å². The smallest absolute Gasteiger partial charge is 0.314 e. The minimum Gasteiger partial charge on any atom is -0.497 e. The number of aromatic nitrogens is 1. The lowest BCUT2D eigenvalue weighted by Gasteiger charge is -2.22. The summed E-state index contributed by atoms with van der Waals surface area (Å²) in [5.74, 6) is 0.376. The van der Waals surface area contributed by atoms with E-state index >= 15 is 0 Å². The number of nitrogens with zero attached hydrogens (tertiary/aromatic N) is 1. The first-order valence-corrected chi connectivity index (χ1v) is 6.61. The third-order valence-corrected chi connectivity index (χ3v) is 4.05. The lowest BCUT2D eigenvalue weighted by molar-refractivity contribution is -0.142. The van der Waals surface area contributed by atoms with Crippen molar-refractivity contribution in [3.63, 3.8) is 0 Å². The molecular formula is C15H19ClN2O3. The van der Waals surface area contributed by atoms with Gasteiger partial charge in [-0.2, -0.15) is 0 Å². The Hall–Kier alpha value is -1.72. The van der Waals surface area contributed by atoms with Crippen LogP contribution in [0.2, 0.25) is 0 Å². The van der Waals surface area contributed by atoms with E-state index in [-0.39, 0.29) is 24.3 Å². The van der Waals surface area contributed by atoms with Crippen LogP contribution in [0.15, 0.2) is 18.2 Å². The molecule has 2 aromatic rings. The Morgan fingerprint density at radius 3 is 2.81 bits per heavy atom. The fraction of sp³-hybridized carbons (Fsp3) is 0.400. The molecule has 0 bridgehead atoms. The molecule has 0 amide bonds. The molecule has 5 nitrogen and oxygen atoms in total. The lowest BCUT2D eigenvalue weighted by Crippen LogP contribution is -2.33. The predicted octanol–water partition coefficient (Wildman–Crippen LogP) is 1.97. The summed E-state index contributed by atoms with van der Waals surface area (Å²) in [5.41, 5.74) is 3.29. The number of hydrogen-bond donors (Lipinski definition) is 1. The first-order chi connectivity index (χ1) is 9.67. The first kappa shape index (κ1) is 15.7. The highest BCUT2D eigenvalue weighted by molar-refractivity contribution is 5.93. The Morgan fingerprint density at radius 1 is 1.38 bits per heavy atom. The summed E-state index contributed by atoms with van der Waals surface area (Å²) >= 11 is 0. The van der Waals surface area contributed by atoms with Gasteiger partial charge in [0.2, 0.25) is 0 Å². The zero-order chi connectivity index (χ0) is 14.3. The standard InChI is InChI=1S/C15H18N2O3.ClH/c1-17-12-6-9(19-2)4-5-10(12)14-11(15(18)20-3)7-16-8-13(14)17;/h4-6,11,16H,7-8H2,1-3H3;1H. The maximum atomic E-state index is 12.0. The van der Waals surface area contributed by atoms with Crippen molar-refractivity contribution < 1.29 is 14.3 Å². The quantitative estimate of drug-likeness (QED) is 0.862. The van der Waals surface area contributed by atoms with Crippen molar-refractivity contribution in [3.05, 3.63) is 29.5 Å². The fourth-order valence-corrected chi connectivity index (χ4v) is 3.01. The molecule has 0 saturated heterocycles. The van der Waals surface area contributed by atoms with Crippen LogP contribution in [-0.2, 0) is 23.1 Å². The topological polar surface area (TPSA) is 52.5 Å². The maximum absolute atomic E-state index is 12.0. The molecule has 1 aromatic heterocycles. The number of esters is 1. The van der Waals surface area contributed by atoms with E-state index in [9.17, 15) is 4.79 Å². The minimum absolute atomic E-state index is 0. The van der Waals surface area contributed by atoms with Gasteiger partial charge in [-0.05, 0) is 17.7 Å². The summed E-state index contributed by atoms with van der Waals surface area (Å²) in [5, 5.41) is 4.38. The highest BCUT2D eigenvalue weighted by atomic mass is 35.5. The largest absolute Gasteiger partial charge is 0.497 e. The molecule has 21 heavy (non-hydrogen) atoms. The zero-order valence-electron chi connectivity index (χ0n) is 12.3. The first-order valence-electron chi connectivity index (χ1n) is 6.61. The lowest BCUT2D eigenvalue weighted by atomic mass is 9.93. The number of aryl methyl sites for hydroxylation is 1. The van der Waals surface area contributed by atoms with Gasteiger partial charge in [-0.1, -0.05) is 0 Å². The molecule has 1 aromatic carbocycles. The molecule has 6 heteroatoms. The summed E-state index contributed by atoms with van der Waals surface area (Å²) in [4.78, 5) is 12.0. The van der Waals surface area contributed by atoms with Gasteiger partial charge < -0.3 is 19.4 Å². The molecule has 0 fully saturated rings. The molecule has 0 spiro atoms. The van der Waals surface area contributed by atoms with Gasteiger partial charge in [0.05, 0.1) is 25.7 Å². The van der Waals surface area contributed by atoms with Gasteiger partial charge in [0.15, 0.2) is 0 Å². The van der Waals surface area contributed by atoms with Gasteiger partial charge in [-0.15, -0.1) is 12.4 Å². The molecular weight excluding hydrogens is 292 g/mol. The average Bonchev–Trinajstić information content (AvgIpc) is 2.79.